The molecule has 0 spiro atoms. The summed E-state index contributed by atoms with van der Waals surface area (Å²) in [7, 11) is 0. The Morgan fingerprint density at radius 2 is 2.07 bits per heavy atom. The van der Waals surface area contributed by atoms with Crippen molar-refractivity contribution in [2.45, 2.75) is 52.6 Å². The molecular weight excluding hydrogens is 176 g/mol. The first-order valence-corrected chi connectivity index (χ1v) is 5.83. The minimum atomic E-state index is -0.0889. The summed E-state index contributed by atoms with van der Waals surface area (Å²) >= 11 is 0. The molecule has 2 unspecified atom stereocenters. The van der Waals surface area contributed by atoms with E-state index in [1.165, 1.54) is 12.8 Å². The molecule has 0 bridgehead atoms. The van der Waals surface area contributed by atoms with Crippen molar-refractivity contribution in [3.05, 3.63) is 0 Å². The molecule has 0 N–H and O–H groups in total. The molecule has 0 aliphatic heterocycles. The monoisotopic (exact) mass is 198 g/mol. The number of hydrogen-bond acceptors (Lipinski definition) is 2. The molecule has 0 aromatic rings. The summed E-state index contributed by atoms with van der Waals surface area (Å²) in [5.74, 6) is 1.36. The number of carbonyl (C=O) groups is 1. The van der Waals surface area contributed by atoms with E-state index < -0.39 is 0 Å². The maximum Gasteiger partial charge on any atom is 0.162 e. The van der Waals surface area contributed by atoms with Gasteiger partial charge in [0.1, 0.15) is 6.10 Å². The van der Waals surface area contributed by atoms with Crippen molar-refractivity contribution in [3.63, 3.8) is 0 Å². The van der Waals surface area contributed by atoms with E-state index in [9.17, 15) is 4.79 Å². The van der Waals surface area contributed by atoms with E-state index in [4.69, 9.17) is 4.74 Å². The van der Waals surface area contributed by atoms with Crippen molar-refractivity contribution in [2.75, 3.05) is 6.61 Å². The molecule has 0 amide bonds. The van der Waals surface area contributed by atoms with Crippen molar-refractivity contribution < 1.29 is 9.53 Å². The molecule has 14 heavy (non-hydrogen) atoms. The van der Waals surface area contributed by atoms with Crippen molar-refractivity contribution in [1.29, 1.82) is 0 Å². The molecular formula is C12H22O2. The highest BCUT2D eigenvalue weighted by Gasteiger charge is 2.36. The molecule has 1 aliphatic carbocycles. The van der Waals surface area contributed by atoms with E-state index in [0.29, 0.717) is 30.6 Å². The second kappa shape index (κ2) is 5.50. The highest BCUT2D eigenvalue weighted by Crippen LogP contribution is 2.35. The molecule has 0 aromatic carbocycles. The number of rotatable bonds is 7. The Hall–Kier alpha value is -0.370. The van der Waals surface area contributed by atoms with Crippen LogP contribution in [-0.4, -0.2) is 18.5 Å². The number of ether oxygens (including phenoxy) is 1. The van der Waals surface area contributed by atoms with Gasteiger partial charge in [0.15, 0.2) is 5.78 Å². The number of ketones is 1. The van der Waals surface area contributed by atoms with Crippen molar-refractivity contribution in [3.8, 4) is 0 Å². The van der Waals surface area contributed by atoms with Crippen LogP contribution in [0.15, 0.2) is 0 Å². The molecule has 1 rings (SSSR count). The van der Waals surface area contributed by atoms with Gasteiger partial charge in [0.05, 0.1) is 0 Å². The summed E-state index contributed by atoms with van der Waals surface area (Å²) in [5.41, 5.74) is 0. The summed E-state index contributed by atoms with van der Waals surface area (Å²) in [5, 5.41) is 0. The van der Waals surface area contributed by atoms with Gasteiger partial charge in [-0.15, -0.1) is 0 Å². The molecule has 1 saturated carbocycles. The lowest BCUT2D eigenvalue weighted by Gasteiger charge is -2.17. The molecule has 2 atom stereocenters. The van der Waals surface area contributed by atoms with Crippen LogP contribution in [0.2, 0.25) is 0 Å². The number of hydrogen-bond donors (Lipinski definition) is 0. The molecule has 1 aliphatic rings. The average Bonchev–Trinajstić information content (AvgIpc) is 2.97. The highest BCUT2D eigenvalue weighted by molar-refractivity contribution is 5.83. The lowest BCUT2D eigenvalue weighted by atomic mass is 9.97. The molecule has 82 valence electrons. The third-order valence-corrected chi connectivity index (χ3v) is 2.96. The number of carbonyl (C=O) groups excluding carboxylic acids is 1. The molecule has 0 saturated heterocycles. The molecule has 0 radical (unpaired) electrons. The van der Waals surface area contributed by atoms with E-state index in [1.54, 1.807) is 0 Å². The van der Waals surface area contributed by atoms with Gasteiger partial charge in [0, 0.05) is 13.0 Å². The van der Waals surface area contributed by atoms with Gasteiger partial charge in [-0.1, -0.05) is 20.3 Å². The van der Waals surface area contributed by atoms with Gasteiger partial charge in [0.2, 0.25) is 0 Å². The Bertz CT molecular complexity index is 185. The minimum absolute atomic E-state index is 0.0889. The fraction of sp³-hybridized carbons (Fsp3) is 0.917. The molecule has 0 heterocycles. The van der Waals surface area contributed by atoms with Crippen LogP contribution in [0.3, 0.4) is 0 Å². The summed E-state index contributed by atoms with van der Waals surface area (Å²) in [6.45, 7) is 6.89. The van der Waals surface area contributed by atoms with Crippen LogP contribution in [-0.2, 0) is 9.53 Å². The topological polar surface area (TPSA) is 26.3 Å². The van der Waals surface area contributed by atoms with Gasteiger partial charge in [-0.3, -0.25) is 4.79 Å². The second-order valence-corrected chi connectivity index (χ2v) is 4.40. The van der Waals surface area contributed by atoms with E-state index in [2.05, 4.69) is 13.8 Å². The van der Waals surface area contributed by atoms with Gasteiger partial charge in [-0.2, -0.15) is 0 Å². The predicted molar refractivity (Wildman–Crippen MR) is 57.2 cm³/mol. The van der Waals surface area contributed by atoms with Crippen LogP contribution >= 0.6 is 0 Å². The van der Waals surface area contributed by atoms with Crippen LogP contribution in [0, 0.1) is 11.8 Å². The van der Waals surface area contributed by atoms with E-state index in [0.717, 1.165) is 6.42 Å². The zero-order valence-corrected chi connectivity index (χ0v) is 9.58. The fourth-order valence-corrected chi connectivity index (χ4v) is 1.67. The normalized spacial score (nSPS) is 20.5. The zero-order valence-electron chi connectivity index (χ0n) is 9.58. The Morgan fingerprint density at radius 3 is 2.50 bits per heavy atom. The first-order valence-electron chi connectivity index (χ1n) is 5.83. The second-order valence-electron chi connectivity index (χ2n) is 4.40. The third-order valence-electron chi connectivity index (χ3n) is 2.96. The van der Waals surface area contributed by atoms with Gasteiger partial charge in [0.25, 0.3) is 0 Å². The summed E-state index contributed by atoms with van der Waals surface area (Å²) in [6, 6.07) is 0. The lowest BCUT2D eigenvalue weighted by Crippen LogP contribution is -2.27. The van der Waals surface area contributed by atoms with Crippen molar-refractivity contribution in [1.82, 2.24) is 0 Å². The van der Waals surface area contributed by atoms with E-state index in [-0.39, 0.29) is 6.10 Å². The van der Waals surface area contributed by atoms with Gasteiger partial charge in [-0.05, 0) is 31.6 Å². The van der Waals surface area contributed by atoms with Gasteiger partial charge in [-0.25, -0.2) is 0 Å². The quantitative estimate of drug-likeness (QED) is 0.628. The summed E-state index contributed by atoms with van der Waals surface area (Å²) in [6.07, 6.45) is 4.04. The SMILES string of the molecule is CCOC(C(=O)CC(C)CC)C1CC1. The lowest BCUT2D eigenvalue weighted by molar-refractivity contribution is -0.132. The number of Topliss-reactive ketones (excluding diaryl/α,β-unsaturated/α-hetero) is 1. The Labute approximate surface area is 87.0 Å². The average molecular weight is 198 g/mol. The summed E-state index contributed by atoms with van der Waals surface area (Å²) in [4.78, 5) is 11.9. The molecule has 2 heteroatoms. The largest absolute Gasteiger partial charge is 0.370 e. The van der Waals surface area contributed by atoms with Gasteiger partial charge >= 0.3 is 0 Å². The first-order chi connectivity index (χ1) is 6.69. The van der Waals surface area contributed by atoms with Crippen LogP contribution in [0.5, 0.6) is 0 Å². The Morgan fingerprint density at radius 1 is 1.43 bits per heavy atom. The summed E-state index contributed by atoms with van der Waals surface area (Å²) < 4.78 is 5.52. The highest BCUT2D eigenvalue weighted by atomic mass is 16.5. The standard InChI is InChI=1S/C12H22O2/c1-4-9(3)8-11(13)12(14-5-2)10-6-7-10/h9-10,12H,4-8H2,1-3H3. The van der Waals surface area contributed by atoms with E-state index in [1.807, 2.05) is 6.92 Å². The third kappa shape index (κ3) is 3.41. The molecule has 2 nitrogen and oxygen atoms in total. The molecule has 1 fully saturated rings. The van der Waals surface area contributed by atoms with Crippen LogP contribution in [0.4, 0.5) is 0 Å². The van der Waals surface area contributed by atoms with Crippen LogP contribution in [0.25, 0.3) is 0 Å². The van der Waals surface area contributed by atoms with Crippen molar-refractivity contribution >= 4 is 5.78 Å². The Kier molecular flexibility index (Phi) is 4.59. The zero-order chi connectivity index (χ0) is 10.6. The first kappa shape index (κ1) is 11.7. The van der Waals surface area contributed by atoms with Crippen LogP contribution in [0.1, 0.15) is 46.5 Å². The predicted octanol–water partition coefficient (Wildman–Crippen LogP) is 2.81. The van der Waals surface area contributed by atoms with Crippen LogP contribution < -0.4 is 0 Å². The smallest absolute Gasteiger partial charge is 0.162 e. The Balaban J connectivity index is 2.37. The maximum atomic E-state index is 11.9. The van der Waals surface area contributed by atoms with Gasteiger partial charge < -0.3 is 4.74 Å². The van der Waals surface area contributed by atoms with Crippen molar-refractivity contribution in [2.24, 2.45) is 11.8 Å². The fourth-order valence-electron chi connectivity index (χ4n) is 1.67. The van der Waals surface area contributed by atoms with E-state index >= 15 is 0 Å². The minimum Gasteiger partial charge on any atom is -0.370 e. The maximum absolute atomic E-state index is 11.9. The molecule has 0 aromatic heterocycles.